The van der Waals surface area contributed by atoms with Gasteiger partial charge in [-0.3, -0.25) is 14.9 Å². The Hall–Kier alpha value is -2.00. The van der Waals surface area contributed by atoms with Crippen LogP contribution in [0.2, 0.25) is 0 Å². The lowest BCUT2D eigenvalue weighted by atomic mass is 10.1. The Morgan fingerprint density at radius 3 is 2.24 bits per heavy atom. The van der Waals surface area contributed by atoms with Crippen LogP contribution in [0.15, 0.2) is 10.9 Å². The van der Waals surface area contributed by atoms with Crippen LogP contribution in [0.5, 0.6) is 0 Å². The smallest absolute Gasteiger partial charge is 0.315 e. The highest BCUT2D eigenvalue weighted by molar-refractivity contribution is 5.46. The molecule has 1 aromatic rings. The van der Waals surface area contributed by atoms with Crippen molar-refractivity contribution in [2.24, 2.45) is 0 Å². The van der Waals surface area contributed by atoms with E-state index in [2.05, 4.69) is 0 Å². The fourth-order valence-corrected chi connectivity index (χ4v) is 1.14. The summed E-state index contributed by atoms with van der Waals surface area (Å²) in [5.74, 6) is 0. The maximum Gasteiger partial charge on any atom is 0.423 e. The number of aromatic nitrogens is 1. The van der Waals surface area contributed by atoms with Crippen molar-refractivity contribution in [1.82, 2.24) is 4.98 Å². The van der Waals surface area contributed by atoms with Gasteiger partial charge in [-0.2, -0.15) is 13.2 Å². The van der Waals surface area contributed by atoms with Crippen LogP contribution in [0, 0.1) is 10.1 Å². The summed E-state index contributed by atoms with van der Waals surface area (Å²) in [5, 5.41) is 10.4. The highest BCUT2D eigenvalue weighted by Gasteiger charge is 2.42. The predicted molar refractivity (Wildman–Crippen MR) is 43.7 cm³/mol. The van der Waals surface area contributed by atoms with E-state index in [-0.39, 0.29) is 6.07 Å². The first-order valence-electron chi connectivity index (χ1n) is 3.91. The SMILES string of the molecule is O=c1cc(C(F)(F)F)c([N+](=O)[O-])c(C(F)F)[nH]1. The van der Waals surface area contributed by atoms with Gasteiger partial charge in [0.15, 0.2) is 5.69 Å². The molecule has 0 saturated heterocycles. The minimum absolute atomic E-state index is 0.135. The molecule has 0 amide bonds. The number of nitrogens with one attached hydrogen (secondary N) is 1. The molecule has 0 aromatic carbocycles. The Kier molecular flexibility index (Phi) is 3.16. The van der Waals surface area contributed by atoms with Crippen LogP contribution in [-0.2, 0) is 6.18 Å². The van der Waals surface area contributed by atoms with Gasteiger partial charge in [-0.05, 0) is 0 Å². The Labute approximate surface area is 89.0 Å². The number of alkyl halides is 5. The van der Waals surface area contributed by atoms with E-state index >= 15 is 0 Å². The van der Waals surface area contributed by atoms with Crippen LogP contribution < -0.4 is 5.56 Å². The Morgan fingerprint density at radius 1 is 1.35 bits per heavy atom. The molecule has 1 heterocycles. The summed E-state index contributed by atoms with van der Waals surface area (Å²) in [6.45, 7) is 0. The van der Waals surface area contributed by atoms with Crippen molar-refractivity contribution in [3.05, 3.63) is 37.8 Å². The number of nitro groups is 1. The van der Waals surface area contributed by atoms with E-state index in [1.54, 1.807) is 0 Å². The summed E-state index contributed by atoms with van der Waals surface area (Å²) in [5.41, 5.74) is -6.98. The van der Waals surface area contributed by atoms with Crippen LogP contribution >= 0.6 is 0 Å². The predicted octanol–water partition coefficient (Wildman–Crippen LogP) is 2.24. The molecule has 0 aliphatic heterocycles. The van der Waals surface area contributed by atoms with Crippen LogP contribution in [0.1, 0.15) is 17.7 Å². The van der Waals surface area contributed by atoms with Gasteiger partial charge in [0.2, 0.25) is 5.56 Å². The fraction of sp³-hybridized carbons (Fsp3) is 0.286. The first-order chi connectivity index (χ1) is 7.64. The zero-order valence-corrected chi connectivity index (χ0v) is 7.72. The molecule has 0 saturated carbocycles. The Bertz CT molecular complexity index is 507. The molecule has 0 atom stereocenters. The second-order valence-corrected chi connectivity index (χ2v) is 2.87. The quantitative estimate of drug-likeness (QED) is 0.502. The maximum atomic E-state index is 12.3. The van der Waals surface area contributed by atoms with E-state index in [0.717, 1.165) is 0 Å². The van der Waals surface area contributed by atoms with Gasteiger partial charge in [0.05, 0.1) is 4.92 Å². The third kappa shape index (κ3) is 2.57. The highest BCUT2D eigenvalue weighted by atomic mass is 19.4. The monoisotopic (exact) mass is 258 g/mol. The Morgan fingerprint density at radius 2 is 1.88 bits per heavy atom. The van der Waals surface area contributed by atoms with Crippen LogP contribution in [0.25, 0.3) is 0 Å². The van der Waals surface area contributed by atoms with Gasteiger partial charge in [0.1, 0.15) is 5.56 Å². The van der Waals surface area contributed by atoms with Crippen LogP contribution in [0.4, 0.5) is 27.6 Å². The molecule has 0 aliphatic carbocycles. The van der Waals surface area contributed by atoms with Crippen molar-refractivity contribution >= 4 is 5.69 Å². The largest absolute Gasteiger partial charge is 0.423 e. The molecule has 10 heteroatoms. The topological polar surface area (TPSA) is 76.0 Å². The van der Waals surface area contributed by atoms with E-state index in [9.17, 15) is 36.9 Å². The first-order valence-corrected chi connectivity index (χ1v) is 3.91. The number of aromatic amines is 1. The molecular formula is C7H3F5N2O3. The van der Waals surface area contributed by atoms with E-state index in [1.807, 2.05) is 0 Å². The zero-order valence-electron chi connectivity index (χ0n) is 7.72. The van der Waals surface area contributed by atoms with Gasteiger partial charge in [0.25, 0.3) is 6.43 Å². The van der Waals surface area contributed by atoms with Gasteiger partial charge >= 0.3 is 11.9 Å². The number of pyridine rings is 1. The van der Waals surface area contributed by atoms with E-state index in [1.165, 1.54) is 4.98 Å². The molecule has 1 rings (SSSR count). The summed E-state index contributed by atoms with van der Waals surface area (Å²) >= 11 is 0. The summed E-state index contributed by atoms with van der Waals surface area (Å²) in [6.07, 6.45) is -8.86. The van der Waals surface area contributed by atoms with Crippen LogP contribution in [0.3, 0.4) is 0 Å². The third-order valence-corrected chi connectivity index (χ3v) is 1.75. The Balaban J connectivity index is 3.70. The van der Waals surface area contributed by atoms with E-state index in [4.69, 9.17) is 0 Å². The van der Waals surface area contributed by atoms with Crippen molar-refractivity contribution in [3.63, 3.8) is 0 Å². The molecule has 0 fully saturated rings. The molecule has 0 bridgehead atoms. The standard InChI is InChI=1S/C7H3F5N2O3/c8-6(9)4-5(14(16)17)2(7(10,11)12)1-3(15)13-4/h1,6H,(H,13,15). The summed E-state index contributed by atoms with van der Waals surface area (Å²) in [6, 6.07) is -0.135. The van der Waals surface area contributed by atoms with Crippen molar-refractivity contribution < 1.29 is 26.9 Å². The lowest BCUT2D eigenvalue weighted by molar-refractivity contribution is -0.389. The molecule has 0 aliphatic rings. The maximum absolute atomic E-state index is 12.3. The number of halogens is 5. The molecular weight excluding hydrogens is 255 g/mol. The molecule has 17 heavy (non-hydrogen) atoms. The minimum Gasteiger partial charge on any atom is -0.315 e. The summed E-state index contributed by atoms with van der Waals surface area (Å²) in [4.78, 5) is 20.8. The van der Waals surface area contributed by atoms with Gasteiger partial charge < -0.3 is 4.98 Å². The van der Waals surface area contributed by atoms with E-state index < -0.39 is 40.0 Å². The number of hydrogen-bond acceptors (Lipinski definition) is 3. The molecule has 0 radical (unpaired) electrons. The summed E-state index contributed by atoms with van der Waals surface area (Å²) < 4.78 is 61.6. The average molecular weight is 258 g/mol. The third-order valence-electron chi connectivity index (χ3n) is 1.75. The second kappa shape index (κ2) is 4.11. The molecule has 5 nitrogen and oxygen atoms in total. The zero-order chi connectivity index (χ0) is 13.4. The lowest BCUT2D eigenvalue weighted by Crippen LogP contribution is -2.19. The van der Waals surface area contributed by atoms with Crippen molar-refractivity contribution in [2.75, 3.05) is 0 Å². The average Bonchev–Trinajstić information content (AvgIpc) is 2.14. The number of H-pyrrole nitrogens is 1. The van der Waals surface area contributed by atoms with Crippen molar-refractivity contribution in [2.45, 2.75) is 12.6 Å². The number of nitrogens with zero attached hydrogens (tertiary/aromatic N) is 1. The highest BCUT2D eigenvalue weighted by Crippen LogP contribution is 2.38. The second-order valence-electron chi connectivity index (χ2n) is 2.87. The molecule has 0 unspecified atom stereocenters. The molecule has 1 N–H and O–H groups in total. The van der Waals surface area contributed by atoms with Gasteiger partial charge in [-0.1, -0.05) is 0 Å². The van der Waals surface area contributed by atoms with Gasteiger partial charge in [-0.25, -0.2) is 8.78 Å². The number of rotatable bonds is 2. The first kappa shape index (κ1) is 13.1. The van der Waals surface area contributed by atoms with Crippen LogP contribution in [-0.4, -0.2) is 9.91 Å². The van der Waals surface area contributed by atoms with Gasteiger partial charge in [-0.15, -0.1) is 0 Å². The summed E-state index contributed by atoms with van der Waals surface area (Å²) in [7, 11) is 0. The fourth-order valence-electron chi connectivity index (χ4n) is 1.14. The number of hydrogen-bond donors (Lipinski definition) is 1. The molecule has 0 spiro atoms. The minimum atomic E-state index is -5.26. The lowest BCUT2D eigenvalue weighted by Gasteiger charge is -2.09. The molecule has 94 valence electrons. The van der Waals surface area contributed by atoms with Crippen molar-refractivity contribution in [1.29, 1.82) is 0 Å². The molecule has 1 aromatic heterocycles. The van der Waals surface area contributed by atoms with Crippen molar-refractivity contribution in [3.8, 4) is 0 Å². The normalized spacial score (nSPS) is 11.9. The van der Waals surface area contributed by atoms with E-state index in [0.29, 0.717) is 0 Å². The van der Waals surface area contributed by atoms with Gasteiger partial charge in [0, 0.05) is 6.07 Å².